The molecule has 0 unspecified atom stereocenters. The Morgan fingerprint density at radius 2 is 2.05 bits per heavy atom. The third-order valence-electron chi connectivity index (χ3n) is 2.85. The Labute approximate surface area is 136 Å². The Bertz CT molecular complexity index is 619. The Morgan fingerprint density at radius 3 is 2.71 bits per heavy atom. The predicted octanol–water partition coefficient (Wildman–Crippen LogP) is 3.65. The van der Waals surface area contributed by atoms with Crippen LogP contribution in [0, 0.1) is 0 Å². The molecule has 0 aliphatic heterocycles. The van der Waals surface area contributed by atoms with E-state index in [0.29, 0.717) is 18.7 Å². The molecule has 6 heteroatoms. The first-order valence-electron chi connectivity index (χ1n) is 6.32. The van der Waals surface area contributed by atoms with Crippen molar-refractivity contribution in [3.05, 3.63) is 57.8 Å². The van der Waals surface area contributed by atoms with Crippen LogP contribution in [0.2, 0.25) is 5.15 Å². The van der Waals surface area contributed by atoms with Gasteiger partial charge in [-0.25, -0.2) is 4.98 Å². The summed E-state index contributed by atoms with van der Waals surface area (Å²) in [5.74, 6) is 0.589. The minimum atomic E-state index is -0.174. The van der Waals surface area contributed by atoms with E-state index in [4.69, 9.17) is 16.3 Å². The van der Waals surface area contributed by atoms with Crippen LogP contribution in [0.15, 0.2) is 47.1 Å². The van der Waals surface area contributed by atoms with Gasteiger partial charge in [0.1, 0.15) is 17.5 Å². The summed E-state index contributed by atoms with van der Waals surface area (Å²) in [5, 5.41) is 0.211. The normalized spacial score (nSPS) is 10.2. The number of halogens is 2. The lowest BCUT2D eigenvalue weighted by Crippen LogP contribution is -2.31. The summed E-state index contributed by atoms with van der Waals surface area (Å²) >= 11 is 9.28. The van der Waals surface area contributed by atoms with Gasteiger partial charge >= 0.3 is 0 Å². The monoisotopic (exact) mass is 368 g/mol. The van der Waals surface area contributed by atoms with Gasteiger partial charge in [0.05, 0.1) is 12.1 Å². The topological polar surface area (TPSA) is 42.4 Å². The highest BCUT2D eigenvalue weighted by atomic mass is 79.9. The molecule has 110 valence electrons. The highest BCUT2D eigenvalue weighted by Crippen LogP contribution is 2.16. The number of carbonyl (C=O) groups is 1. The van der Waals surface area contributed by atoms with Gasteiger partial charge < -0.3 is 9.64 Å². The van der Waals surface area contributed by atoms with Gasteiger partial charge in [-0.05, 0) is 36.4 Å². The van der Waals surface area contributed by atoms with Gasteiger partial charge in [-0.1, -0.05) is 27.5 Å². The van der Waals surface area contributed by atoms with Gasteiger partial charge in [0.2, 0.25) is 0 Å². The van der Waals surface area contributed by atoms with Crippen molar-refractivity contribution in [3.8, 4) is 5.75 Å². The predicted molar refractivity (Wildman–Crippen MR) is 85.8 cm³/mol. The molecule has 2 aromatic rings. The Kier molecular flexibility index (Phi) is 5.59. The highest BCUT2D eigenvalue weighted by molar-refractivity contribution is 9.10. The molecule has 2 rings (SSSR count). The maximum absolute atomic E-state index is 12.2. The van der Waals surface area contributed by atoms with Gasteiger partial charge in [-0.3, -0.25) is 4.79 Å². The zero-order valence-corrected chi connectivity index (χ0v) is 13.8. The standard InChI is InChI=1S/C15H14BrClN2O2/c1-19(15(20)13-3-2-8-18-14(13)17)9-10-21-12-6-4-11(16)5-7-12/h2-8H,9-10H2,1H3. The second-order valence-corrected chi connectivity index (χ2v) is 5.64. The molecule has 0 N–H and O–H groups in total. The third kappa shape index (κ3) is 4.44. The zero-order valence-electron chi connectivity index (χ0n) is 11.4. The van der Waals surface area contributed by atoms with Gasteiger partial charge in [0.25, 0.3) is 5.91 Å². The molecule has 1 amide bonds. The molecule has 1 aromatic carbocycles. The molecule has 0 bridgehead atoms. The first-order chi connectivity index (χ1) is 10.1. The number of ether oxygens (including phenoxy) is 1. The van der Waals surface area contributed by atoms with Gasteiger partial charge in [-0.2, -0.15) is 0 Å². The number of pyridine rings is 1. The molecule has 1 aromatic heterocycles. The summed E-state index contributed by atoms with van der Waals surface area (Å²) < 4.78 is 6.58. The van der Waals surface area contributed by atoms with E-state index in [-0.39, 0.29) is 11.1 Å². The van der Waals surface area contributed by atoms with Crippen molar-refractivity contribution >= 4 is 33.4 Å². The maximum atomic E-state index is 12.2. The number of aromatic nitrogens is 1. The van der Waals surface area contributed by atoms with Crippen molar-refractivity contribution in [3.63, 3.8) is 0 Å². The second kappa shape index (κ2) is 7.43. The fraction of sp³-hybridized carbons (Fsp3) is 0.200. The van der Waals surface area contributed by atoms with E-state index < -0.39 is 0 Å². The molecule has 1 heterocycles. The first kappa shape index (κ1) is 15.8. The van der Waals surface area contributed by atoms with Crippen molar-refractivity contribution in [1.29, 1.82) is 0 Å². The van der Waals surface area contributed by atoms with Crippen LogP contribution in [0.25, 0.3) is 0 Å². The minimum absolute atomic E-state index is 0.174. The molecule has 0 atom stereocenters. The van der Waals surface area contributed by atoms with Crippen LogP contribution in [0.3, 0.4) is 0 Å². The van der Waals surface area contributed by atoms with Crippen LogP contribution in [-0.2, 0) is 0 Å². The molecular formula is C15H14BrClN2O2. The summed E-state index contributed by atoms with van der Waals surface area (Å²) in [4.78, 5) is 17.7. The lowest BCUT2D eigenvalue weighted by molar-refractivity contribution is 0.0773. The molecule has 0 saturated carbocycles. The van der Waals surface area contributed by atoms with Gasteiger partial charge in [0.15, 0.2) is 0 Å². The smallest absolute Gasteiger partial charge is 0.256 e. The number of hydrogen-bond donors (Lipinski definition) is 0. The van der Waals surface area contributed by atoms with Crippen LogP contribution in [0.4, 0.5) is 0 Å². The SMILES string of the molecule is CN(CCOc1ccc(Br)cc1)C(=O)c1cccnc1Cl. The zero-order chi connectivity index (χ0) is 15.2. The van der Waals surface area contributed by atoms with Crippen molar-refractivity contribution in [2.75, 3.05) is 20.2 Å². The van der Waals surface area contributed by atoms with Gasteiger partial charge in [-0.15, -0.1) is 0 Å². The number of carbonyl (C=O) groups excluding carboxylic acids is 1. The van der Waals surface area contributed by atoms with E-state index in [1.54, 1.807) is 30.3 Å². The Balaban J connectivity index is 1.87. The number of rotatable bonds is 5. The summed E-state index contributed by atoms with van der Waals surface area (Å²) in [6.45, 7) is 0.863. The van der Waals surface area contributed by atoms with E-state index >= 15 is 0 Å². The highest BCUT2D eigenvalue weighted by Gasteiger charge is 2.15. The van der Waals surface area contributed by atoms with Crippen LogP contribution in [0.1, 0.15) is 10.4 Å². The molecule has 4 nitrogen and oxygen atoms in total. The van der Waals surface area contributed by atoms with E-state index in [9.17, 15) is 4.79 Å². The summed E-state index contributed by atoms with van der Waals surface area (Å²) in [5.41, 5.74) is 0.394. The minimum Gasteiger partial charge on any atom is -0.492 e. The van der Waals surface area contributed by atoms with Crippen LogP contribution >= 0.6 is 27.5 Å². The summed E-state index contributed by atoms with van der Waals surface area (Å²) in [6, 6.07) is 10.9. The quantitative estimate of drug-likeness (QED) is 0.756. The average molecular weight is 370 g/mol. The van der Waals surface area contributed by atoms with Crippen molar-refractivity contribution in [2.45, 2.75) is 0 Å². The molecule has 0 aliphatic carbocycles. The summed E-state index contributed by atoms with van der Waals surface area (Å²) in [6.07, 6.45) is 1.55. The first-order valence-corrected chi connectivity index (χ1v) is 7.49. The van der Waals surface area contributed by atoms with Gasteiger partial charge in [0, 0.05) is 17.7 Å². The molecule has 0 fully saturated rings. The van der Waals surface area contributed by atoms with Crippen molar-refractivity contribution in [2.24, 2.45) is 0 Å². The largest absolute Gasteiger partial charge is 0.492 e. The molecular weight excluding hydrogens is 356 g/mol. The van der Waals surface area contributed by atoms with Crippen LogP contribution < -0.4 is 4.74 Å². The fourth-order valence-corrected chi connectivity index (χ4v) is 2.15. The summed E-state index contributed by atoms with van der Waals surface area (Å²) in [7, 11) is 1.70. The van der Waals surface area contributed by atoms with E-state index in [1.807, 2.05) is 24.3 Å². The number of amides is 1. The molecule has 0 spiro atoms. The average Bonchev–Trinajstić information content (AvgIpc) is 2.49. The Morgan fingerprint density at radius 1 is 1.33 bits per heavy atom. The Hall–Kier alpha value is -1.59. The maximum Gasteiger partial charge on any atom is 0.256 e. The van der Waals surface area contributed by atoms with E-state index in [1.165, 1.54) is 0 Å². The van der Waals surface area contributed by atoms with Crippen LogP contribution in [0.5, 0.6) is 5.75 Å². The number of likely N-dealkylation sites (N-methyl/N-ethyl adjacent to an activating group) is 1. The number of nitrogens with zero attached hydrogens (tertiary/aromatic N) is 2. The molecule has 0 saturated heterocycles. The van der Waals surface area contributed by atoms with Crippen LogP contribution in [-0.4, -0.2) is 36.0 Å². The second-order valence-electron chi connectivity index (χ2n) is 4.37. The molecule has 0 radical (unpaired) electrons. The molecule has 0 aliphatic rings. The fourth-order valence-electron chi connectivity index (χ4n) is 1.68. The third-order valence-corrected chi connectivity index (χ3v) is 3.68. The van der Waals surface area contributed by atoms with Crippen molar-refractivity contribution in [1.82, 2.24) is 9.88 Å². The number of benzene rings is 1. The lowest BCUT2D eigenvalue weighted by atomic mass is 10.2. The van der Waals surface area contributed by atoms with E-state index in [0.717, 1.165) is 10.2 Å². The molecule has 21 heavy (non-hydrogen) atoms. The van der Waals surface area contributed by atoms with E-state index in [2.05, 4.69) is 20.9 Å². The van der Waals surface area contributed by atoms with Crippen molar-refractivity contribution < 1.29 is 9.53 Å². The number of hydrogen-bond acceptors (Lipinski definition) is 3. The lowest BCUT2D eigenvalue weighted by Gasteiger charge is -2.17.